The van der Waals surface area contributed by atoms with Crippen molar-refractivity contribution < 1.29 is 13.6 Å². The first-order valence-electron chi connectivity index (χ1n) is 4.98. The quantitative estimate of drug-likeness (QED) is 0.788. The molecule has 0 saturated heterocycles. The maximum atomic E-state index is 12.2. The van der Waals surface area contributed by atoms with Gasteiger partial charge in [0.1, 0.15) is 5.69 Å². The predicted molar refractivity (Wildman–Crippen MR) is 56.4 cm³/mol. The van der Waals surface area contributed by atoms with Crippen LogP contribution in [0.15, 0.2) is 18.3 Å². The van der Waals surface area contributed by atoms with Gasteiger partial charge in [-0.25, -0.2) is 8.78 Å². The lowest BCUT2D eigenvalue weighted by Crippen LogP contribution is -2.38. The van der Waals surface area contributed by atoms with Gasteiger partial charge in [-0.2, -0.15) is 0 Å². The molecule has 0 spiro atoms. The van der Waals surface area contributed by atoms with Gasteiger partial charge in [-0.1, -0.05) is 0 Å². The Balaban J connectivity index is 2.71. The second-order valence-electron chi connectivity index (χ2n) is 3.55. The van der Waals surface area contributed by atoms with E-state index in [1.54, 1.807) is 13.0 Å². The van der Waals surface area contributed by atoms with E-state index in [4.69, 9.17) is 5.73 Å². The number of nitrogens with one attached hydrogen (secondary N) is 1. The first kappa shape index (κ1) is 12.6. The number of hydrogen-bond acceptors (Lipinski definition) is 2. The second kappa shape index (κ2) is 5.60. The van der Waals surface area contributed by atoms with Crippen molar-refractivity contribution >= 4 is 5.91 Å². The normalized spacial score (nSPS) is 12.8. The average molecular weight is 231 g/mol. The van der Waals surface area contributed by atoms with Crippen LogP contribution in [-0.4, -0.2) is 29.5 Å². The van der Waals surface area contributed by atoms with Gasteiger partial charge in [0.25, 0.3) is 12.3 Å². The number of carbonyl (C=O) groups is 1. The molecule has 0 saturated carbocycles. The van der Waals surface area contributed by atoms with E-state index in [0.717, 1.165) is 0 Å². The summed E-state index contributed by atoms with van der Waals surface area (Å²) >= 11 is 0. The molecule has 90 valence electrons. The molecule has 1 amide bonds. The molecule has 0 bridgehead atoms. The maximum Gasteiger partial charge on any atom is 0.268 e. The standard InChI is InChI=1S/C10H15F2N3O/c1-7(5-13)14-10(16)8-3-2-4-15(8)6-9(11)12/h2-4,7,9H,5-6,13H2,1H3,(H,14,16). The fourth-order valence-electron chi connectivity index (χ4n) is 1.28. The number of hydrogen-bond donors (Lipinski definition) is 2. The van der Waals surface area contributed by atoms with Crippen molar-refractivity contribution in [1.82, 2.24) is 9.88 Å². The molecule has 1 aromatic rings. The monoisotopic (exact) mass is 231 g/mol. The van der Waals surface area contributed by atoms with E-state index in [-0.39, 0.29) is 17.6 Å². The Bertz CT molecular complexity index is 352. The van der Waals surface area contributed by atoms with Crippen LogP contribution >= 0.6 is 0 Å². The van der Waals surface area contributed by atoms with E-state index >= 15 is 0 Å². The molecule has 1 unspecified atom stereocenters. The molecule has 0 aliphatic rings. The zero-order valence-corrected chi connectivity index (χ0v) is 8.99. The first-order valence-corrected chi connectivity index (χ1v) is 4.98. The van der Waals surface area contributed by atoms with Crippen LogP contribution in [0, 0.1) is 0 Å². The molecule has 0 radical (unpaired) electrons. The molecule has 4 nitrogen and oxygen atoms in total. The minimum atomic E-state index is -2.48. The number of alkyl halides is 2. The topological polar surface area (TPSA) is 60.0 Å². The summed E-state index contributed by atoms with van der Waals surface area (Å²) in [6.45, 7) is 1.58. The molecule has 0 aromatic carbocycles. The third kappa shape index (κ3) is 3.30. The van der Waals surface area contributed by atoms with E-state index in [1.807, 2.05) is 0 Å². The van der Waals surface area contributed by atoms with Crippen molar-refractivity contribution in [3.63, 3.8) is 0 Å². The van der Waals surface area contributed by atoms with Crippen molar-refractivity contribution in [1.29, 1.82) is 0 Å². The summed E-state index contributed by atoms with van der Waals surface area (Å²) in [5.41, 5.74) is 5.57. The number of halogens is 2. The van der Waals surface area contributed by atoms with Gasteiger partial charge in [0.05, 0.1) is 6.54 Å². The van der Waals surface area contributed by atoms with Crippen molar-refractivity contribution in [2.75, 3.05) is 6.54 Å². The lowest BCUT2D eigenvalue weighted by Gasteiger charge is -2.13. The summed E-state index contributed by atoms with van der Waals surface area (Å²) in [6.07, 6.45) is -1.03. The SMILES string of the molecule is CC(CN)NC(=O)c1cccn1CC(F)F. The molecule has 0 aliphatic heterocycles. The lowest BCUT2D eigenvalue weighted by molar-refractivity contribution is 0.0918. The fourth-order valence-corrected chi connectivity index (χ4v) is 1.28. The Morgan fingerprint density at radius 1 is 1.62 bits per heavy atom. The molecule has 16 heavy (non-hydrogen) atoms. The van der Waals surface area contributed by atoms with Crippen molar-refractivity contribution in [3.05, 3.63) is 24.0 Å². The van der Waals surface area contributed by atoms with Crippen molar-refractivity contribution in [2.24, 2.45) is 5.73 Å². The van der Waals surface area contributed by atoms with Crippen molar-refractivity contribution in [2.45, 2.75) is 25.9 Å². The highest BCUT2D eigenvalue weighted by Crippen LogP contribution is 2.06. The van der Waals surface area contributed by atoms with Gasteiger partial charge in [-0.15, -0.1) is 0 Å². The Kier molecular flexibility index (Phi) is 4.42. The van der Waals surface area contributed by atoms with Crippen LogP contribution in [0.3, 0.4) is 0 Å². The molecule has 1 aromatic heterocycles. The molecule has 6 heteroatoms. The first-order chi connectivity index (χ1) is 7.54. The minimum absolute atomic E-state index is 0.178. The van der Waals surface area contributed by atoms with Crippen molar-refractivity contribution in [3.8, 4) is 0 Å². The van der Waals surface area contributed by atoms with Crippen LogP contribution in [-0.2, 0) is 6.54 Å². The van der Waals surface area contributed by atoms with E-state index in [2.05, 4.69) is 5.32 Å². The van der Waals surface area contributed by atoms with Gasteiger partial charge in [0, 0.05) is 18.8 Å². The lowest BCUT2D eigenvalue weighted by atomic mass is 10.3. The Morgan fingerprint density at radius 2 is 2.31 bits per heavy atom. The highest BCUT2D eigenvalue weighted by molar-refractivity contribution is 5.92. The second-order valence-corrected chi connectivity index (χ2v) is 3.55. The summed E-state index contributed by atoms with van der Waals surface area (Å²) in [5, 5.41) is 2.62. The summed E-state index contributed by atoms with van der Waals surface area (Å²) in [6, 6.07) is 2.88. The van der Waals surface area contributed by atoms with Crippen LogP contribution in [0.1, 0.15) is 17.4 Å². The van der Waals surface area contributed by atoms with Crippen LogP contribution in [0.5, 0.6) is 0 Å². The van der Waals surface area contributed by atoms with Crippen LogP contribution in [0.4, 0.5) is 8.78 Å². The van der Waals surface area contributed by atoms with E-state index in [9.17, 15) is 13.6 Å². The number of nitrogens with zero attached hydrogens (tertiary/aromatic N) is 1. The molecule has 1 heterocycles. The van der Waals surface area contributed by atoms with Gasteiger partial charge in [0.15, 0.2) is 0 Å². The Labute approximate surface area is 92.4 Å². The van der Waals surface area contributed by atoms with E-state index in [0.29, 0.717) is 6.54 Å². The summed E-state index contributed by atoms with van der Waals surface area (Å²) < 4.78 is 25.6. The summed E-state index contributed by atoms with van der Waals surface area (Å²) in [5.74, 6) is -0.386. The molecule has 3 N–H and O–H groups in total. The maximum absolute atomic E-state index is 12.2. The fraction of sp³-hybridized carbons (Fsp3) is 0.500. The van der Waals surface area contributed by atoms with Crippen LogP contribution in [0.2, 0.25) is 0 Å². The molecular formula is C10H15F2N3O. The van der Waals surface area contributed by atoms with E-state index in [1.165, 1.54) is 16.8 Å². The highest BCUT2D eigenvalue weighted by atomic mass is 19.3. The molecular weight excluding hydrogens is 216 g/mol. The molecule has 0 aliphatic carbocycles. The van der Waals surface area contributed by atoms with Gasteiger partial charge in [-0.3, -0.25) is 4.79 Å². The summed E-state index contributed by atoms with van der Waals surface area (Å²) in [7, 11) is 0. The molecule has 0 fully saturated rings. The minimum Gasteiger partial charge on any atom is -0.347 e. The van der Waals surface area contributed by atoms with Gasteiger partial charge in [0.2, 0.25) is 0 Å². The zero-order chi connectivity index (χ0) is 12.1. The highest BCUT2D eigenvalue weighted by Gasteiger charge is 2.14. The number of amides is 1. The van der Waals surface area contributed by atoms with Gasteiger partial charge < -0.3 is 15.6 Å². The number of rotatable bonds is 5. The number of nitrogens with two attached hydrogens (primary N) is 1. The molecule has 1 rings (SSSR count). The van der Waals surface area contributed by atoms with Gasteiger partial charge in [-0.05, 0) is 19.1 Å². The average Bonchev–Trinajstić information content (AvgIpc) is 2.64. The third-order valence-corrected chi connectivity index (χ3v) is 2.13. The third-order valence-electron chi connectivity index (χ3n) is 2.13. The predicted octanol–water partition coefficient (Wildman–Crippen LogP) is 0.830. The van der Waals surface area contributed by atoms with Gasteiger partial charge >= 0.3 is 0 Å². The number of aromatic nitrogens is 1. The van der Waals surface area contributed by atoms with Crippen LogP contribution < -0.4 is 11.1 Å². The van der Waals surface area contributed by atoms with E-state index < -0.39 is 13.0 Å². The zero-order valence-electron chi connectivity index (χ0n) is 8.99. The smallest absolute Gasteiger partial charge is 0.268 e. The summed E-state index contributed by atoms with van der Waals surface area (Å²) in [4.78, 5) is 11.6. The largest absolute Gasteiger partial charge is 0.347 e. The van der Waals surface area contributed by atoms with Crippen LogP contribution in [0.25, 0.3) is 0 Å². The Morgan fingerprint density at radius 3 is 2.88 bits per heavy atom. The molecule has 1 atom stereocenters. The number of carbonyl (C=O) groups excluding carboxylic acids is 1. The Hall–Kier alpha value is -1.43.